The van der Waals surface area contributed by atoms with Crippen LogP contribution in [0.5, 0.6) is 0 Å². The Balaban J connectivity index is 3.10. The third kappa shape index (κ3) is 13.7. The number of esters is 1. The Labute approximate surface area is 259 Å². The first-order valence-corrected chi connectivity index (χ1v) is 14.2. The monoisotopic (exact) mass is 640 g/mol. The molecule has 15 nitrogen and oxygen atoms in total. The molecule has 4 amide bonds. The number of hydrogen-bond acceptors (Lipinski definition) is 10. The minimum Gasteiger partial charge on any atom is -0.481 e. The highest BCUT2D eigenvalue weighted by atomic mass is 19.1. The Morgan fingerprint density at radius 1 is 0.867 bits per heavy atom. The zero-order valence-corrected chi connectivity index (χ0v) is 25.5. The number of carboxylic acids is 1. The van der Waals surface area contributed by atoms with Crippen LogP contribution in [0.2, 0.25) is 0 Å². The van der Waals surface area contributed by atoms with E-state index in [1.807, 2.05) is 0 Å². The van der Waals surface area contributed by atoms with E-state index in [9.17, 15) is 48.2 Å². The number of benzene rings is 1. The second-order valence-electron chi connectivity index (χ2n) is 10.2. The molecule has 0 aliphatic heterocycles. The van der Waals surface area contributed by atoms with Crippen molar-refractivity contribution in [1.82, 2.24) is 21.3 Å². The van der Waals surface area contributed by atoms with E-state index in [0.29, 0.717) is 12.0 Å². The van der Waals surface area contributed by atoms with Crippen molar-refractivity contribution < 1.29 is 57.6 Å². The summed E-state index contributed by atoms with van der Waals surface area (Å²) in [4.78, 5) is 86.8. The van der Waals surface area contributed by atoms with Gasteiger partial charge in [0.15, 0.2) is 5.78 Å². The number of Topliss-reactive ketones (excluding diaryl/α,β-unsaturated/α-hetero) is 1. The van der Waals surface area contributed by atoms with Crippen LogP contribution in [0.3, 0.4) is 0 Å². The summed E-state index contributed by atoms with van der Waals surface area (Å²) in [7, 11) is 1.01. The third-order valence-corrected chi connectivity index (χ3v) is 6.76. The van der Waals surface area contributed by atoms with Gasteiger partial charge in [-0.1, -0.05) is 50.6 Å². The quantitative estimate of drug-likeness (QED) is 0.111. The molecular formula is C29H41FN4O11. The molecule has 0 aromatic heterocycles. The molecule has 0 heterocycles. The summed E-state index contributed by atoms with van der Waals surface area (Å²) in [5.41, 5.74) is 0.699. The molecule has 0 unspecified atom stereocenters. The van der Waals surface area contributed by atoms with E-state index in [0.717, 1.165) is 14.0 Å². The lowest BCUT2D eigenvalue weighted by Gasteiger charge is -2.28. The fraction of sp³-hybridized carbons (Fsp3) is 0.552. The van der Waals surface area contributed by atoms with Gasteiger partial charge in [-0.15, -0.1) is 0 Å². The Morgan fingerprint density at radius 3 is 2.00 bits per heavy atom. The standard InChI is InChI=1S/C29H41FN4O11/c1-5-16(2)24(34-29(43)45-15-18-9-7-6-8-10-18)27(41)31-19(11-12-22(37)38)26(40)33-25(17(3)35)28(42)32-20(21(36)14-30)13-23(39)44-4/h6-10,16-17,19-20,24-25,35H,5,11-15H2,1-4H3,(H,31,41)(H,32,42)(H,33,40)(H,34,43)(H,37,38)/t16-,17+,19-,20-,24-,25-/m0/s1. The van der Waals surface area contributed by atoms with Gasteiger partial charge in [-0.05, 0) is 24.8 Å². The third-order valence-electron chi connectivity index (χ3n) is 6.76. The molecule has 6 N–H and O–H groups in total. The summed E-state index contributed by atoms with van der Waals surface area (Å²) < 4.78 is 22.7. The first-order chi connectivity index (χ1) is 21.2. The van der Waals surface area contributed by atoms with Crippen molar-refractivity contribution in [3.8, 4) is 0 Å². The first kappa shape index (κ1) is 38.4. The minimum atomic E-state index is -1.77. The normalized spacial score (nSPS) is 14.7. The van der Waals surface area contributed by atoms with Gasteiger partial charge in [0.05, 0.1) is 19.6 Å². The number of ether oxygens (including phenoxy) is 2. The van der Waals surface area contributed by atoms with Crippen LogP contribution in [0.1, 0.15) is 52.0 Å². The Kier molecular flexibility index (Phi) is 16.8. The number of rotatable bonds is 19. The van der Waals surface area contributed by atoms with E-state index in [1.54, 1.807) is 44.2 Å². The van der Waals surface area contributed by atoms with E-state index in [1.165, 1.54) is 0 Å². The van der Waals surface area contributed by atoms with E-state index < -0.39 is 104 Å². The lowest BCUT2D eigenvalue weighted by atomic mass is 9.97. The van der Waals surface area contributed by atoms with Crippen LogP contribution in [0.15, 0.2) is 30.3 Å². The average molecular weight is 641 g/mol. The van der Waals surface area contributed by atoms with E-state index >= 15 is 0 Å². The van der Waals surface area contributed by atoms with Gasteiger partial charge in [0.1, 0.15) is 37.4 Å². The summed E-state index contributed by atoms with van der Waals surface area (Å²) in [6.07, 6.45) is -3.86. The Bertz CT molecular complexity index is 1180. The molecular weight excluding hydrogens is 599 g/mol. The van der Waals surface area contributed by atoms with Crippen LogP contribution in [0.4, 0.5) is 9.18 Å². The molecule has 0 saturated heterocycles. The summed E-state index contributed by atoms with van der Waals surface area (Å²) in [6, 6.07) is 2.55. The second-order valence-corrected chi connectivity index (χ2v) is 10.2. The highest BCUT2D eigenvalue weighted by Crippen LogP contribution is 2.11. The number of aliphatic hydroxyl groups excluding tert-OH is 1. The average Bonchev–Trinajstić information content (AvgIpc) is 3.01. The number of halogens is 1. The van der Waals surface area contributed by atoms with Crippen molar-refractivity contribution >= 4 is 41.5 Å². The number of carbonyl (C=O) groups is 7. The SMILES string of the molecule is CC[C@H](C)[C@H](NC(=O)OCc1ccccc1)C(=O)N[C@@H](CCC(=O)O)C(=O)N[C@H](C(=O)N[C@@H](CC(=O)OC)C(=O)CF)[C@@H](C)O. The molecule has 0 bridgehead atoms. The Morgan fingerprint density at radius 2 is 1.47 bits per heavy atom. The summed E-state index contributed by atoms with van der Waals surface area (Å²) in [6.45, 7) is 2.92. The molecule has 1 rings (SSSR count). The summed E-state index contributed by atoms with van der Waals surface area (Å²) >= 11 is 0. The lowest BCUT2D eigenvalue weighted by Crippen LogP contribution is -2.60. The number of alkyl carbamates (subject to hydrolysis) is 1. The highest BCUT2D eigenvalue weighted by Gasteiger charge is 2.35. The van der Waals surface area contributed by atoms with Crippen LogP contribution in [-0.4, -0.2) is 95.8 Å². The van der Waals surface area contributed by atoms with Crippen molar-refractivity contribution in [2.45, 2.75) is 83.3 Å². The number of carbonyl (C=O) groups excluding carboxylic acids is 6. The molecule has 16 heteroatoms. The first-order valence-electron chi connectivity index (χ1n) is 14.2. The van der Waals surface area contributed by atoms with E-state index in [4.69, 9.17) is 4.74 Å². The zero-order chi connectivity index (χ0) is 34.1. The van der Waals surface area contributed by atoms with Crippen molar-refractivity contribution in [2.75, 3.05) is 13.8 Å². The summed E-state index contributed by atoms with van der Waals surface area (Å²) in [5.74, 6) is -6.97. The van der Waals surface area contributed by atoms with Gasteiger partial charge in [0.2, 0.25) is 17.7 Å². The van der Waals surface area contributed by atoms with Crippen LogP contribution >= 0.6 is 0 Å². The van der Waals surface area contributed by atoms with Gasteiger partial charge in [-0.25, -0.2) is 9.18 Å². The molecule has 1 aromatic rings. The number of alkyl halides is 1. The molecule has 6 atom stereocenters. The van der Waals surface area contributed by atoms with Crippen LogP contribution < -0.4 is 21.3 Å². The van der Waals surface area contributed by atoms with E-state index in [2.05, 4.69) is 26.0 Å². The predicted octanol–water partition coefficient (Wildman–Crippen LogP) is 0.129. The van der Waals surface area contributed by atoms with Gasteiger partial charge in [0.25, 0.3) is 0 Å². The molecule has 45 heavy (non-hydrogen) atoms. The van der Waals surface area contributed by atoms with Crippen molar-refractivity contribution in [2.24, 2.45) is 5.92 Å². The number of methoxy groups -OCH3 is 1. The molecule has 0 spiro atoms. The highest BCUT2D eigenvalue weighted by molar-refractivity contribution is 5.97. The van der Waals surface area contributed by atoms with Gasteiger partial charge in [-0.2, -0.15) is 0 Å². The van der Waals surface area contributed by atoms with Crippen LogP contribution in [-0.2, 0) is 44.8 Å². The number of aliphatic carboxylic acids is 1. The topological polar surface area (TPSA) is 227 Å². The predicted molar refractivity (Wildman–Crippen MR) is 155 cm³/mol. The van der Waals surface area contributed by atoms with Crippen molar-refractivity contribution in [1.29, 1.82) is 0 Å². The number of nitrogens with one attached hydrogen (secondary N) is 4. The lowest BCUT2D eigenvalue weighted by molar-refractivity contribution is -0.144. The van der Waals surface area contributed by atoms with Gasteiger partial charge in [0, 0.05) is 6.42 Å². The smallest absolute Gasteiger partial charge is 0.408 e. The van der Waals surface area contributed by atoms with Crippen LogP contribution in [0.25, 0.3) is 0 Å². The fourth-order valence-corrected chi connectivity index (χ4v) is 3.90. The largest absolute Gasteiger partial charge is 0.481 e. The van der Waals surface area contributed by atoms with Gasteiger partial charge in [-0.3, -0.25) is 28.8 Å². The minimum absolute atomic E-state index is 0.0780. The molecule has 0 aliphatic carbocycles. The van der Waals surface area contributed by atoms with Crippen LogP contribution in [0, 0.1) is 5.92 Å². The second kappa shape index (κ2) is 19.6. The van der Waals surface area contributed by atoms with Crippen molar-refractivity contribution in [3.05, 3.63) is 35.9 Å². The maximum Gasteiger partial charge on any atom is 0.408 e. The molecule has 0 radical (unpaired) electrons. The molecule has 250 valence electrons. The number of ketones is 1. The molecule has 0 aliphatic rings. The molecule has 0 saturated carbocycles. The summed E-state index contributed by atoms with van der Waals surface area (Å²) in [5, 5.41) is 28.5. The Hall–Kier alpha value is -4.60. The van der Waals surface area contributed by atoms with Gasteiger partial charge < -0.3 is 41.0 Å². The number of aliphatic hydroxyl groups is 1. The molecule has 1 aromatic carbocycles. The molecule has 0 fully saturated rings. The zero-order valence-electron chi connectivity index (χ0n) is 25.5. The number of hydrogen-bond donors (Lipinski definition) is 6. The maximum atomic E-state index is 13.3. The van der Waals surface area contributed by atoms with E-state index in [-0.39, 0.29) is 6.61 Å². The van der Waals surface area contributed by atoms with Crippen molar-refractivity contribution in [3.63, 3.8) is 0 Å². The maximum absolute atomic E-state index is 13.3. The number of carboxylic acid groups (broad SMARTS) is 1. The van der Waals surface area contributed by atoms with Gasteiger partial charge >= 0.3 is 18.0 Å². The number of amides is 4. The fourth-order valence-electron chi connectivity index (χ4n) is 3.90.